The van der Waals surface area contributed by atoms with Crippen LogP contribution in [0.2, 0.25) is 0 Å². The van der Waals surface area contributed by atoms with Crippen molar-refractivity contribution in [1.29, 1.82) is 0 Å². The predicted molar refractivity (Wildman–Crippen MR) is 127 cm³/mol. The number of ether oxygens (including phenoxy) is 2. The third-order valence-corrected chi connectivity index (χ3v) is 4.94. The lowest BCUT2D eigenvalue weighted by atomic mass is 10.0. The normalized spacial score (nSPS) is 10.4. The van der Waals surface area contributed by atoms with Crippen molar-refractivity contribution in [2.75, 3.05) is 13.2 Å². The molecule has 2 amide bonds. The molecular formula is C22H26BrN3O4S. The fraction of sp³-hybridized carbons (Fsp3) is 0.318. The summed E-state index contributed by atoms with van der Waals surface area (Å²) in [5, 5.41) is 2.46. The number of hydrogen-bond acceptors (Lipinski definition) is 5. The van der Waals surface area contributed by atoms with Crippen LogP contribution in [0.15, 0.2) is 46.9 Å². The first-order valence-corrected chi connectivity index (χ1v) is 11.1. The highest BCUT2D eigenvalue weighted by Gasteiger charge is 2.11. The zero-order valence-corrected chi connectivity index (χ0v) is 20.1. The minimum Gasteiger partial charge on any atom is -0.494 e. The molecule has 31 heavy (non-hydrogen) atoms. The molecule has 0 radical (unpaired) electrons. The van der Waals surface area contributed by atoms with E-state index in [2.05, 4.69) is 45.9 Å². The van der Waals surface area contributed by atoms with Crippen LogP contribution in [0.4, 0.5) is 0 Å². The van der Waals surface area contributed by atoms with Crippen molar-refractivity contribution in [3.8, 4) is 11.5 Å². The highest BCUT2D eigenvalue weighted by Crippen LogP contribution is 2.28. The number of carbonyl (C=O) groups is 2. The maximum Gasteiger partial charge on any atom is 0.276 e. The molecule has 0 unspecified atom stereocenters. The Labute approximate surface area is 196 Å². The summed E-state index contributed by atoms with van der Waals surface area (Å²) >= 11 is 8.48. The first-order valence-electron chi connectivity index (χ1n) is 9.85. The van der Waals surface area contributed by atoms with Crippen LogP contribution in [0, 0.1) is 0 Å². The topological polar surface area (TPSA) is 88.7 Å². The minimum atomic E-state index is -0.450. The Morgan fingerprint density at radius 1 is 1.06 bits per heavy atom. The number of benzene rings is 2. The van der Waals surface area contributed by atoms with E-state index in [1.165, 1.54) is 0 Å². The second kappa shape index (κ2) is 12.3. The average molecular weight is 508 g/mol. The summed E-state index contributed by atoms with van der Waals surface area (Å²) in [6.45, 7) is 6.61. The molecule has 0 saturated heterocycles. The third-order valence-electron chi connectivity index (χ3n) is 4.11. The second-order valence-electron chi connectivity index (χ2n) is 6.96. The van der Waals surface area contributed by atoms with Gasteiger partial charge in [0.05, 0.1) is 11.1 Å². The Bertz CT molecular complexity index is 919. The summed E-state index contributed by atoms with van der Waals surface area (Å²) in [4.78, 5) is 24.2. The Kier molecular flexibility index (Phi) is 9.74. The van der Waals surface area contributed by atoms with Gasteiger partial charge in [-0.3, -0.25) is 25.8 Å². The molecule has 2 aromatic carbocycles. The lowest BCUT2D eigenvalue weighted by Gasteiger charge is -2.13. The van der Waals surface area contributed by atoms with E-state index in [-0.39, 0.29) is 11.7 Å². The zero-order chi connectivity index (χ0) is 22.8. The van der Waals surface area contributed by atoms with Crippen LogP contribution in [-0.4, -0.2) is 30.1 Å². The summed E-state index contributed by atoms with van der Waals surface area (Å²) in [6.07, 6.45) is 0.903. The van der Waals surface area contributed by atoms with Crippen LogP contribution in [0.3, 0.4) is 0 Å². The standard InChI is InChI=1S/C22H26BrN3O4S/c1-4-11-29-17-8-5-15(6-9-17)21(28)24-22(31)26-25-20(27)13-30-19-10-7-16(14(2)3)12-18(19)23/h5-10,12,14H,4,11,13H2,1-3H3,(H,25,27)(H2,24,26,28,31). The van der Waals surface area contributed by atoms with E-state index < -0.39 is 11.8 Å². The zero-order valence-electron chi connectivity index (χ0n) is 17.7. The molecule has 0 aliphatic carbocycles. The van der Waals surface area contributed by atoms with Crippen LogP contribution >= 0.6 is 28.1 Å². The van der Waals surface area contributed by atoms with Gasteiger partial charge in [0.1, 0.15) is 11.5 Å². The lowest BCUT2D eigenvalue weighted by molar-refractivity contribution is -0.123. The summed E-state index contributed by atoms with van der Waals surface area (Å²) in [7, 11) is 0. The number of halogens is 1. The van der Waals surface area contributed by atoms with Crippen molar-refractivity contribution < 1.29 is 19.1 Å². The molecule has 2 aromatic rings. The van der Waals surface area contributed by atoms with Crippen molar-refractivity contribution >= 4 is 45.1 Å². The first-order chi connectivity index (χ1) is 14.8. The van der Waals surface area contributed by atoms with Gasteiger partial charge in [-0.25, -0.2) is 0 Å². The monoisotopic (exact) mass is 507 g/mol. The highest BCUT2D eigenvalue weighted by molar-refractivity contribution is 9.10. The summed E-state index contributed by atoms with van der Waals surface area (Å²) < 4.78 is 11.8. The lowest BCUT2D eigenvalue weighted by Crippen LogP contribution is -2.49. The van der Waals surface area contributed by atoms with Crippen LogP contribution < -0.4 is 25.6 Å². The molecule has 3 N–H and O–H groups in total. The van der Waals surface area contributed by atoms with Crippen LogP contribution in [-0.2, 0) is 4.79 Å². The van der Waals surface area contributed by atoms with E-state index in [1.807, 2.05) is 25.1 Å². The molecule has 0 heterocycles. The Balaban J connectivity index is 1.75. The summed E-state index contributed by atoms with van der Waals surface area (Å²) in [6, 6.07) is 12.4. The predicted octanol–water partition coefficient (Wildman–Crippen LogP) is 4.08. The van der Waals surface area contributed by atoms with Gasteiger partial charge in [0.15, 0.2) is 11.7 Å². The number of thiocarbonyl (C=S) groups is 1. The van der Waals surface area contributed by atoms with Gasteiger partial charge in [0.25, 0.3) is 11.8 Å². The number of carbonyl (C=O) groups excluding carboxylic acids is 2. The van der Waals surface area contributed by atoms with Gasteiger partial charge in [0, 0.05) is 5.56 Å². The molecule has 0 aliphatic heterocycles. The summed E-state index contributed by atoms with van der Waals surface area (Å²) in [5.41, 5.74) is 6.44. The molecule has 0 aromatic heterocycles. The summed E-state index contributed by atoms with van der Waals surface area (Å²) in [5.74, 6) is 0.785. The number of nitrogens with one attached hydrogen (secondary N) is 3. The van der Waals surface area contributed by atoms with Crippen LogP contribution in [0.25, 0.3) is 0 Å². The number of rotatable bonds is 8. The van der Waals surface area contributed by atoms with E-state index in [0.29, 0.717) is 29.6 Å². The minimum absolute atomic E-state index is 0.0351. The molecule has 0 bridgehead atoms. The largest absolute Gasteiger partial charge is 0.494 e. The van der Waals surface area contributed by atoms with Gasteiger partial charge < -0.3 is 9.47 Å². The Morgan fingerprint density at radius 3 is 2.39 bits per heavy atom. The molecule has 166 valence electrons. The Morgan fingerprint density at radius 2 is 1.77 bits per heavy atom. The second-order valence-corrected chi connectivity index (χ2v) is 8.23. The SMILES string of the molecule is CCCOc1ccc(C(=O)NC(=S)NNC(=O)COc2ccc(C(C)C)cc2Br)cc1. The van der Waals surface area contributed by atoms with Crippen LogP contribution in [0.5, 0.6) is 11.5 Å². The molecule has 9 heteroatoms. The highest BCUT2D eigenvalue weighted by atomic mass is 79.9. The average Bonchev–Trinajstić information content (AvgIpc) is 2.75. The Hall–Kier alpha value is -2.65. The van der Waals surface area contributed by atoms with Crippen LogP contribution in [0.1, 0.15) is 49.0 Å². The van der Waals surface area contributed by atoms with Gasteiger partial charge in [-0.15, -0.1) is 0 Å². The van der Waals surface area contributed by atoms with Gasteiger partial charge in [0.2, 0.25) is 0 Å². The fourth-order valence-corrected chi connectivity index (χ4v) is 3.08. The molecule has 0 atom stereocenters. The quantitative estimate of drug-likeness (QED) is 0.368. The van der Waals surface area contributed by atoms with Crippen molar-refractivity contribution in [1.82, 2.24) is 16.2 Å². The van der Waals surface area contributed by atoms with Gasteiger partial charge >= 0.3 is 0 Å². The molecule has 2 rings (SSSR count). The van der Waals surface area contributed by atoms with E-state index in [1.54, 1.807) is 24.3 Å². The molecule has 0 saturated carbocycles. The maximum atomic E-state index is 12.2. The van der Waals surface area contributed by atoms with E-state index in [0.717, 1.165) is 16.5 Å². The van der Waals surface area contributed by atoms with E-state index in [9.17, 15) is 9.59 Å². The van der Waals surface area contributed by atoms with E-state index in [4.69, 9.17) is 21.7 Å². The van der Waals surface area contributed by atoms with Gasteiger partial charge in [-0.1, -0.05) is 26.8 Å². The third kappa shape index (κ3) is 8.18. The molecule has 0 fully saturated rings. The smallest absolute Gasteiger partial charge is 0.276 e. The van der Waals surface area contributed by atoms with Gasteiger partial charge in [-0.05, 0) is 82.4 Å². The molecule has 7 nitrogen and oxygen atoms in total. The first kappa shape index (κ1) is 24.6. The van der Waals surface area contributed by atoms with Crippen molar-refractivity contribution in [3.63, 3.8) is 0 Å². The number of amides is 2. The number of hydrazine groups is 1. The van der Waals surface area contributed by atoms with E-state index >= 15 is 0 Å². The molecule has 0 aliphatic rings. The van der Waals surface area contributed by atoms with Crippen molar-refractivity contribution in [3.05, 3.63) is 58.1 Å². The molecule has 0 spiro atoms. The fourth-order valence-electron chi connectivity index (χ4n) is 2.43. The molecular weight excluding hydrogens is 482 g/mol. The van der Waals surface area contributed by atoms with Crippen molar-refractivity contribution in [2.24, 2.45) is 0 Å². The van der Waals surface area contributed by atoms with Gasteiger partial charge in [-0.2, -0.15) is 0 Å². The number of hydrogen-bond donors (Lipinski definition) is 3. The maximum absolute atomic E-state index is 12.2. The van der Waals surface area contributed by atoms with Crippen molar-refractivity contribution in [2.45, 2.75) is 33.1 Å².